The second-order valence-corrected chi connectivity index (χ2v) is 6.12. The van der Waals surface area contributed by atoms with E-state index >= 15 is 0 Å². The van der Waals surface area contributed by atoms with Gasteiger partial charge in [-0.25, -0.2) is 0 Å². The highest BCUT2D eigenvalue weighted by Crippen LogP contribution is 2.48. The number of rotatable bonds is 8. The molecule has 0 aliphatic heterocycles. The van der Waals surface area contributed by atoms with Crippen molar-refractivity contribution in [2.75, 3.05) is 19.4 Å². The van der Waals surface area contributed by atoms with Gasteiger partial charge >= 0.3 is 7.60 Å². The standard InChI is InChI=1S/C10H24NO3P/c1-5-13-15(12,14-6-2)8-10(11)7-9(3)4/h9-10H,5-8,11H2,1-4H3/t10-/m0/s1. The Kier molecular flexibility index (Phi) is 7.45. The van der Waals surface area contributed by atoms with Crippen molar-refractivity contribution in [1.82, 2.24) is 0 Å². The Morgan fingerprint density at radius 2 is 1.67 bits per heavy atom. The molecule has 0 saturated heterocycles. The van der Waals surface area contributed by atoms with Crippen LogP contribution in [0.15, 0.2) is 0 Å². The molecule has 4 nitrogen and oxygen atoms in total. The van der Waals surface area contributed by atoms with Crippen molar-refractivity contribution < 1.29 is 13.6 Å². The van der Waals surface area contributed by atoms with Crippen LogP contribution in [-0.2, 0) is 13.6 Å². The predicted octanol–water partition coefficient (Wildman–Crippen LogP) is 2.63. The molecule has 0 radical (unpaired) electrons. The highest BCUT2D eigenvalue weighted by Gasteiger charge is 2.26. The maximum Gasteiger partial charge on any atom is 0.332 e. The van der Waals surface area contributed by atoms with Crippen LogP contribution in [0.3, 0.4) is 0 Å². The maximum absolute atomic E-state index is 12.1. The molecule has 0 unspecified atom stereocenters. The first-order valence-electron chi connectivity index (χ1n) is 5.57. The van der Waals surface area contributed by atoms with Crippen molar-refractivity contribution in [1.29, 1.82) is 0 Å². The highest BCUT2D eigenvalue weighted by molar-refractivity contribution is 7.53. The minimum Gasteiger partial charge on any atom is -0.327 e. The molecule has 0 aromatic carbocycles. The van der Waals surface area contributed by atoms with Crippen molar-refractivity contribution in [2.24, 2.45) is 11.7 Å². The van der Waals surface area contributed by atoms with Crippen LogP contribution in [0.25, 0.3) is 0 Å². The SMILES string of the molecule is CCOP(=O)(C[C@@H](N)CC(C)C)OCC. The van der Waals surface area contributed by atoms with E-state index in [9.17, 15) is 4.57 Å². The molecule has 0 saturated carbocycles. The van der Waals surface area contributed by atoms with E-state index in [1.807, 2.05) is 0 Å². The minimum absolute atomic E-state index is 0.117. The van der Waals surface area contributed by atoms with Gasteiger partial charge in [-0.05, 0) is 26.2 Å². The fraction of sp³-hybridized carbons (Fsp3) is 1.00. The molecule has 1 atom stereocenters. The molecule has 0 aliphatic carbocycles. The minimum atomic E-state index is -2.96. The summed E-state index contributed by atoms with van der Waals surface area (Å²) in [5.74, 6) is 0.497. The van der Waals surface area contributed by atoms with E-state index in [4.69, 9.17) is 14.8 Å². The van der Waals surface area contributed by atoms with Crippen LogP contribution in [0.5, 0.6) is 0 Å². The molecular weight excluding hydrogens is 213 g/mol. The first-order valence-corrected chi connectivity index (χ1v) is 7.30. The highest BCUT2D eigenvalue weighted by atomic mass is 31.2. The van der Waals surface area contributed by atoms with Gasteiger partial charge < -0.3 is 14.8 Å². The molecule has 0 heterocycles. The third kappa shape index (κ3) is 7.07. The average molecular weight is 237 g/mol. The molecular formula is C10H24NO3P. The Morgan fingerprint density at radius 1 is 1.20 bits per heavy atom. The van der Waals surface area contributed by atoms with Crippen LogP contribution in [0, 0.1) is 5.92 Å². The summed E-state index contributed by atoms with van der Waals surface area (Å²) in [5, 5.41) is 0. The zero-order valence-electron chi connectivity index (χ0n) is 10.2. The van der Waals surface area contributed by atoms with Gasteiger partial charge in [0.15, 0.2) is 0 Å². The Labute approximate surface area is 93.1 Å². The quantitative estimate of drug-likeness (QED) is 0.659. The van der Waals surface area contributed by atoms with E-state index in [0.717, 1.165) is 6.42 Å². The molecule has 0 aromatic rings. The zero-order chi connectivity index (χ0) is 11.9. The van der Waals surface area contributed by atoms with E-state index in [1.54, 1.807) is 13.8 Å². The topological polar surface area (TPSA) is 61.5 Å². The van der Waals surface area contributed by atoms with Crippen molar-refractivity contribution in [2.45, 2.75) is 40.2 Å². The van der Waals surface area contributed by atoms with Gasteiger partial charge in [-0.2, -0.15) is 0 Å². The normalized spacial score (nSPS) is 14.5. The zero-order valence-corrected chi connectivity index (χ0v) is 11.1. The van der Waals surface area contributed by atoms with E-state index < -0.39 is 7.60 Å². The van der Waals surface area contributed by atoms with Crippen molar-refractivity contribution in [3.63, 3.8) is 0 Å². The largest absolute Gasteiger partial charge is 0.332 e. The first-order chi connectivity index (χ1) is 6.93. The van der Waals surface area contributed by atoms with Crippen LogP contribution < -0.4 is 5.73 Å². The molecule has 15 heavy (non-hydrogen) atoms. The van der Waals surface area contributed by atoms with E-state index in [2.05, 4.69) is 13.8 Å². The summed E-state index contributed by atoms with van der Waals surface area (Å²) in [6.45, 7) is 8.58. The lowest BCUT2D eigenvalue weighted by Crippen LogP contribution is -2.27. The molecule has 0 rings (SSSR count). The fourth-order valence-electron chi connectivity index (χ4n) is 1.50. The lowest BCUT2D eigenvalue weighted by Gasteiger charge is -2.21. The second-order valence-electron chi connectivity index (χ2n) is 4.02. The van der Waals surface area contributed by atoms with Gasteiger partial charge in [0.25, 0.3) is 0 Å². The van der Waals surface area contributed by atoms with Gasteiger partial charge in [-0.3, -0.25) is 4.57 Å². The Bertz CT molecular complexity index is 199. The summed E-state index contributed by atoms with van der Waals surface area (Å²) in [6, 6.07) is -0.117. The van der Waals surface area contributed by atoms with E-state index in [-0.39, 0.29) is 6.04 Å². The summed E-state index contributed by atoms with van der Waals surface area (Å²) in [6.07, 6.45) is 1.15. The van der Waals surface area contributed by atoms with Crippen LogP contribution in [0.2, 0.25) is 0 Å². The van der Waals surface area contributed by atoms with Crippen LogP contribution in [-0.4, -0.2) is 25.4 Å². The van der Waals surface area contributed by atoms with Crippen LogP contribution >= 0.6 is 7.60 Å². The summed E-state index contributed by atoms with van der Waals surface area (Å²) in [4.78, 5) is 0. The molecule has 0 aromatic heterocycles. The molecule has 0 fully saturated rings. The summed E-state index contributed by atoms with van der Waals surface area (Å²) in [5.41, 5.74) is 5.89. The summed E-state index contributed by atoms with van der Waals surface area (Å²) in [7, 11) is -2.96. The second kappa shape index (κ2) is 7.39. The molecule has 0 spiro atoms. The molecule has 5 heteroatoms. The number of hydrogen-bond acceptors (Lipinski definition) is 4. The predicted molar refractivity (Wildman–Crippen MR) is 63.2 cm³/mol. The van der Waals surface area contributed by atoms with Crippen LogP contribution in [0.1, 0.15) is 34.1 Å². The van der Waals surface area contributed by atoms with Crippen molar-refractivity contribution in [3.8, 4) is 0 Å². The number of hydrogen-bond donors (Lipinski definition) is 1. The molecule has 92 valence electrons. The Hall–Kier alpha value is 0.110. The van der Waals surface area contributed by atoms with E-state index in [1.165, 1.54) is 0 Å². The van der Waals surface area contributed by atoms with E-state index in [0.29, 0.717) is 25.3 Å². The fourth-order valence-corrected chi connectivity index (χ4v) is 3.30. The molecule has 0 aliphatic rings. The first kappa shape index (κ1) is 15.1. The lowest BCUT2D eigenvalue weighted by atomic mass is 10.1. The Balaban J connectivity index is 4.21. The summed E-state index contributed by atoms with van der Waals surface area (Å²) >= 11 is 0. The lowest BCUT2D eigenvalue weighted by molar-refractivity contribution is 0.217. The van der Waals surface area contributed by atoms with Gasteiger partial charge in [0, 0.05) is 6.04 Å². The van der Waals surface area contributed by atoms with Crippen LogP contribution in [0.4, 0.5) is 0 Å². The molecule has 0 amide bonds. The van der Waals surface area contributed by atoms with Gasteiger partial charge in [-0.1, -0.05) is 13.8 Å². The average Bonchev–Trinajstić information content (AvgIpc) is 2.01. The maximum atomic E-state index is 12.1. The van der Waals surface area contributed by atoms with Crippen molar-refractivity contribution >= 4 is 7.60 Å². The smallest absolute Gasteiger partial charge is 0.327 e. The number of nitrogens with two attached hydrogens (primary N) is 1. The third-order valence-electron chi connectivity index (χ3n) is 1.88. The van der Waals surface area contributed by atoms with Gasteiger partial charge in [0.05, 0.1) is 19.4 Å². The van der Waals surface area contributed by atoms with Gasteiger partial charge in [0.2, 0.25) is 0 Å². The van der Waals surface area contributed by atoms with Gasteiger partial charge in [-0.15, -0.1) is 0 Å². The third-order valence-corrected chi connectivity index (χ3v) is 4.10. The Morgan fingerprint density at radius 3 is 2.00 bits per heavy atom. The van der Waals surface area contributed by atoms with Crippen molar-refractivity contribution in [3.05, 3.63) is 0 Å². The summed E-state index contributed by atoms with van der Waals surface area (Å²) < 4.78 is 22.4. The molecule has 2 N–H and O–H groups in total. The van der Waals surface area contributed by atoms with Gasteiger partial charge in [0.1, 0.15) is 0 Å². The monoisotopic (exact) mass is 237 g/mol. The molecule has 0 bridgehead atoms.